The van der Waals surface area contributed by atoms with Gasteiger partial charge >= 0.3 is 0 Å². The molecule has 8 atom stereocenters. The van der Waals surface area contributed by atoms with Crippen molar-refractivity contribution in [2.75, 3.05) is 13.2 Å². The van der Waals surface area contributed by atoms with Gasteiger partial charge in [0.2, 0.25) is 5.91 Å². The number of carbonyl (C=O) groups excluding carboxylic acids is 1. The number of amides is 1. The summed E-state index contributed by atoms with van der Waals surface area (Å²) >= 11 is 0. The normalized spacial score (nSPS) is 22.3. The molecular formula is C42H83NO9. The lowest BCUT2D eigenvalue weighted by Gasteiger charge is -2.40. The van der Waals surface area contributed by atoms with Crippen LogP contribution < -0.4 is 5.32 Å². The van der Waals surface area contributed by atoms with Crippen molar-refractivity contribution >= 4 is 5.91 Å². The van der Waals surface area contributed by atoms with Gasteiger partial charge in [0.1, 0.15) is 30.5 Å². The van der Waals surface area contributed by atoms with Gasteiger partial charge in [-0.15, -0.1) is 0 Å². The second kappa shape index (κ2) is 33.5. The SMILES string of the molecule is CCCCCCCCCCCCCCCCCCCCC(=O)N[C@@H](CO[C@@H]1O[C@H](CO)[C@H](O)C(O)C1O)[C@H](O)[C@H](O)CCCCCCCCCCC. The Morgan fingerprint density at radius 3 is 1.42 bits per heavy atom. The number of hydrogen-bond acceptors (Lipinski definition) is 9. The Labute approximate surface area is 317 Å². The summed E-state index contributed by atoms with van der Waals surface area (Å²) in [4.78, 5) is 12.9. The van der Waals surface area contributed by atoms with E-state index in [1.807, 2.05) is 0 Å². The maximum absolute atomic E-state index is 12.9. The van der Waals surface area contributed by atoms with Gasteiger partial charge in [-0.1, -0.05) is 181 Å². The Kier molecular flexibility index (Phi) is 31.7. The molecule has 1 aliphatic heterocycles. The third kappa shape index (κ3) is 23.8. The van der Waals surface area contributed by atoms with Crippen LogP contribution in [0.4, 0.5) is 0 Å². The van der Waals surface area contributed by atoms with Gasteiger partial charge in [0.05, 0.1) is 25.4 Å². The zero-order chi connectivity index (χ0) is 38.2. The molecule has 1 rings (SSSR count). The van der Waals surface area contributed by atoms with Crippen molar-refractivity contribution in [3.63, 3.8) is 0 Å². The Hall–Kier alpha value is -0.850. The molecule has 0 aromatic heterocycles. The fourth-order valence-electron chi connectivity index (χ4n) is 7.20. The number of aliphatic hydroxyl groups is 6. The quantitative estimate of drug-likeness (QED) is 0.0324. The molecule has 1 fully saturated rings. The first kappa shape index (κ1) is 49.2. The second-order valence-corrected chi connectivity index (χ2v) is 15.6. The van der Waals surface area contributed by atoms with E-state index in [0.29, 0.717) is 6.42 Å². The molecule has 0 aromatic rings. The zero-order valence-corrected chi connectivity index (χ0v) is 33.4. The van der Waals surface area contributed by atoms with Gasteiger partial charge in [0.15, 0.2) is 6.29 Å². The number of rotatable bonds is 36. The molecule has 1 aliphatic rings. The molecule has 1 saturated heterocycles. The average Bonchev–Trinajstić information content (AvgIpc) is 3.14. The van der Waals surface area contributed by atoms with E-state index in [0.717, 1.165) is 44.9 Å². The lowest BCUT2D eigenvalue weighted by molar-refractivity contribution is -0.303. The molecule has 10 nitrogen and oxygen atoms in total. The van der Waals surface area contributed by atoms with E-state index in [-0.39, 0.29) is 18.9 Å². The fourth-order valence-corrected chi connectivity index (χ4v) is 7.20. The first-order chi connectivity index (χ1) is 25.3. The number of hydrogen-bond donors (Lipinski definition) is 7. The number of carbonyl (C=O) groups is 1. The van der Waals surface area contributed by atoms with Crippen LogP contribution in [0.5, 0.6) is 0 Å². The number of ether oxygens (including phenoxy) is 2. The van der Waals surface area contributed by atoms with Gasteiger partial charge in [-0.25, -0.2) is 0 Å². The fraction of sp³-hybridized carbons (Fsp3) is 0.976. The maximum atomic E-state index is 12.9. The Morgan fingerprint density at radius 2 is 1.00 bits per heavy atom. The van der Waals surface area contributed by atoms with E-state index < -0.39 is 55.6 Å². The van der Waals surface area contributed by atoms with Gasteiger partial charge in [-0.3, -0.25) is 4.79 Å². The van der Waals surface area contributed by atoms with E-state index >= 15 is 0 Å². The van der Waals surface area contributed by atoms with Crippen LogP contribution >= 0.6 is 0 Å². The predicted octanol–water partition coefficient (Wildman–Crippen LogP) is 7.36. The standard InChI is InChI=1S/C42H83NO9/c1-3-5-7-9-11-13-14-15-16-17-18-19-20-21-23-25-27-29-31-37(46)43-34(33-51-42-41(50)40(49)39(48)36(32-44)52-42)38(47)35(45)30-28-26-24-22-12-10-8-6-4-2/h34-36,38-42,44-45,47-50H,3-33H2,1-2H3,(H,43,46)/t34-,35+,36+,38-,39-,40?,41?,42+/m0/s1. The van der Waals surface area contributed by atoms with Crippen LogP contribution in [0, 0.1) is 0 Å². The molecule has 52 heavy (non-hydrogen) atoms. The second-order valence-electron chi connectivity index (χ2n) is 15.6. The van der Waals surface area contributed by atoms with E-state index in [9.17, 15) is 35.4 Å². The Balaban J connectivity index is 2.37. The van der Waals surface area contributed by atoms with E-state index in [1.54, 1.807) is 0 Å². The smallest absolute Gasteiger partial charge is 0.220 e. The topological polar surface area (TPSA) is 169 Å². The highest BCUT2D eigenvalue weighted by molar-refractivity contribution is 5.76. The maximum Gasteiger partial charge on any atom is 0.220 e. The van der Waals surface area contributed by atoms with Crippen LogP contribution in [-0.4, -0.2) is 98.7 Å². The van der Waals surface area contributed by atoms with Crippen LogP contribution in [0.1, 0.15) is 200 Å². The van der Waals surface area contributed by atoms with Crippen molar-refractivity contribution in [2.45, 2.75) is 249 Å². The summed E-state index contributed by atoms with van der Waals surface area (Å²) in [6.07, 6.45) is 24.1. The first-order valence-corrected chi connectivity index (χ1v) is 21.8. The molecule has 1 amide bonds. The van der Waals surface area contributed by atoms with Crippen molar-refractivity contribution in [3.05, 3.63) is 0 Å². The highest BCUT2D eigenvalue weighted by atomic mass is 16.7. The third-order valence-corrected chi connectivity index (χ3v) is 10.8. The van der Waals surface area contributed by atoms with Gasteiger partial charge in [-0.05, 0) is 12.8 Å². The van der Waals surface area contributed by atoms with E-state index in [4.69, 9.17) is 9.47 Å². The van der Waals surface area contributed by atoms with Crippen LogP contribution in [-0.2, 0) is 14.3 Å². The molecule has 0 saturated carbocycles. The van der Waals surface area contributed by atoms with Crippen molar-refractivity contribution in [1.29, 1.82) is 0 Å². The minimum Gasteiger partial charge on any atom is -0.394 e. The minimum atomic E-state index is -1.60. The lowest BCUT2D eigenvalue weighted by Crippen LogP contribution is -2.60. The molecule has 0 spiro atoms. The molecule has 0 aliphatic carbocycles. The van der Waals surface area contributed by atoms with Crippen molar-refractivity contribution < 1.29 is 44.9 Å². The average molecular weight is 746 g/mol. The summed E-state index contributed by atoms with van der Waals surface area (Å²) in [7, 11) is 0. The molecule has 310 valence electrons. The molecule has 0 aromatic carbocycles. The van der Waals surface area contributed by atoms with Gasteiger partial charge in [0.25, 0.3) is 0 Å². The van der Waals surface area contributed by atoms with E-state index in [1.165, 1.54) is 128 Å². The number of unbranched alkanes of at least 4 members (excludes halogenated alkanes) is 25. The molecule has 0 radical (unpaired) electrons. The van der Waals surface area contributed by atoms with E-state index in [2.05, 4.69) is 19.2 Å². The summed E-state index contributed by atoms with van der Waals surface area (Å²) in [6.45, 7) is 3.58. The summed E-state index contributed by atoms with van der Waals surface area (Å²) in [5.41, 5.74) is 0. The number of aliphatic hydroxyl groups excluding tert-OH is 6. The Bertz CT molecular complexity index is 803. The van der Waals surface area contributed by atoms with Crippen molar-refractivity contribution in [2.24, 2.45) is 0 Å². The van der Waals surface area contributed by atoms with Crippen LogP contribution in [0.3, 0.4) is 0 Å². The molecule has 0 bridgehead atoms. The van der Waals surface area contributed by atoms with Gasteiger partial charge in [-0.2, -0.15) is 0 Å². The molecule has 10 heteroatoms. The van der Waals surface area contributed by atoms with Crippen molar-refractivity contribution in [3.8, 4) is 0 Å². The zero-order valence-electron chi connectivity index (χ0n) is 33.4. The minimum absolute atomic E-state index is 0.256. The van der Waals surface area contributed by atoms with Crippen molar-refractivity contribution in [1.82, 2.24) is 5.32 Å². The Morgan fingerprint density at radius 1 is 0.596 bits per heavy atom. The highest BCUT2D eigenvalue weighted by Gasteiger charge is 2.44. The van der Waals surface area contributed by atoms with Gasteiger partial charge in [0, 0.05) is 6.42 Å². The summed E-state index contributed by atoms with van der Waals surface area (Å²) in [6, 6.07) is -0.982. The lowest BCUT2D eigenvalue weighted by atomic mass is 9.98. The number of nitrogens with one attached hydrogen (secondary N) is 1. The predicted molar refractivity (Wildman–Crippen MR) is 209 cm³/mol. The summed E-state index contributed by atoms with van der Waals surface area (Å²) in [5, 5.41) is 64.9. The summed E-state index contributed by atoms with van der Waals surface area (Å²) < 4.78 is 11.1. The monoisotopic (exact) mass is 746 g/mol. The van der Waals surface area contributed by atoms with Crippen LogP contribution in [0.15, 0.2) is 0 Å². The third-order valence-electron chi connectivity index (χ3n) is 10.8. The molecule has 7 N–H and O–H groups in total. The molecule has 1 heterocycles. The summed E-state index contributed by atoms with van der Waals surface area (Å²) in [5.74, 6) is -0.256. The highest BCUT2D eigenvalue weighted by Crippen LogP contribution is 2.23. The molecular weight excluding hydrogens is 662 g/mol. The van der Waals surface area contributed by atoms with Crippen LogP contribution in [0.2, 0.25) is 0 Å². The first-order valence-electron chi connectivity index (χ1n) is 21.8. The molecule has 2 unspecified atom stereocenters. The van der Waals surface area contributed by atoms with Gasteiger partial charge < -0.3 is 45.4 Å². The largest absolute Gasteiger partial charge is 0.394 e. The van der Waals surface area contributed by atoms with Crippen LogP contribution in [0.25, 0.3) is 0 Å².